The monoisotopic (exact) mass is 562 g/mol. The van der Waals surface area contributed by atoms with Gasteiger partial charge in [-0.3, -0.25) is 19.2 Å². The van der Waals surface area contributed by atoms with Crippen molar-refractivity contribution in [3.63, 3.8) is 0 Å². The summed E-state index contributed by atoms with van der Waals surface area (Å²) in [5, 5.41) is 9.52. The third-order valence-corrected chi connectivity index (χ3v) is 6.31. The first-order valence-corrected chi connectivity index (χ1v) is 13.1. The molecule has 3 rings (SSSR count). The van der Waals surface area contributed by atoms with E-state index < -0.39 is 35.5 Å². The molecule has 11 nitrogen and oxygen atoms in total. The number of ether oxygens (including phenoxy) is 2. The number of esters is 1. The van der Waals surface area contributed by atoms with Gasteiger partial charge < -0.3 is 31.2 Å². The average molecular weight is 563 g/mol. The van der Waals surface area contributed by atoms with Crippen LogP contribution < -0.4 is 26.4 Å². The number of amides is 4. The van der Waals surface area contributed by atoms with Gasteiger partial charge in [0.15, 0.2) is 0 Å². The second kappa shape index (κ2) is 15.0. The number of fused-ring (bicyclic) bond motifs is 1. The minimum Gasteiger partial charge on any atom is -0.493 e. The number of benzene rings is 3. The molecule has 0 aliphatic heterocycles. The van der Waals surface area contributed by atoms with Crippen molar-refractivity contribution < 1.29 is 33.4 Å². The van der Waals surface area contributed by atoms with E-state index in [2.05, 4.69) is 16.0 Å². The molecule has 0 unspecified atom stereocenters. The summed E-state index contributed by atoms with van der Waals surface area (Å²) in [6, 6.07) is 17.6. The first-order chi connectivity index (χ1) is 19.7. The predicted molar refractivity (Wildman–Crippen MR) is 152 cm³/mol. The Bertz CT molecular complexity index is 1420. The highest BCUT2D eigenvalue weighted by atomic mass is 16.5. The first-order valence-electron chi connectivity index (χ1n) is 13.1. The van der Waals surface area contributed by atoms with Crippen molar-refractivity contribution in [1.82, 2.24) is 16.0 Å². The lowest BCUT2D eigenvalue weighted by Gasteiger charge is -2.16. The van der Waals surface area contributed by atoms with Crippen molar-refractivity contribution in [2.45, 2.75) is 19.3 Å². The lowest BCUT2D eigenvalue weighted by molar-refractivity contribution is -0.135. The van der Waals surface area contributed by atoms with Gasteiger partial charge in [0, 0.05) is 13.6 Å². The van der Waals surface area contributed by atoms with Gasteiger partial charge >= 0.3 is 5.97 Å². The Balaban J connectivity index is 1.55. The van der Waals surface area contributed by atoms with E-state index in [1.807, 2.05) is 24.3 Å². The van der Waals surface area contributed by atoms with Gasteiger partial charge in [0.05, 0.1) is 31.4 Å². The largest absolute Gasteiger partial charge is 0.493 e. The SMILES string of the molecule is CNC(=O)[C@@H](Cc1cccc(C(=O)OC)c1)C(=O)NCCCCOc1cc2ccccc2cc1C(=O)NCC(N)=O. The van der Waals surface area contributed by atoms with Crippen molar-refractivity contribution in [3.8, 4) is 5.75 Å². The standard InChI is InChI=1S/C30H34N4O7/c1-32-27(36)24(15-19-8-7-11-22(14-19)30(39)40-2)29(38)33-12-5-6-13-41-25-17-21-10-4-3-9-20(21)16-23(25)28(37)34-18-26(31)35/h3-4,7-11,14,16-17,24H,5-6,12-13,15,18H2,1-2H3,(H2,31,35)(H,32,36)(H,33,38)(H,34,37)/t24-/m1/s1. The summed E-state index contributed by atoms with van der Waals surface area (Å²) in [7, 11) is 2.74. The fraction of sp³-hybridized carbons (Fsp3) is 0.300. The molecule has 0 saturated heterocycles. The third kappa shape index (κ3) is 8.79. The quantitative estimate of drug-likeness (QED) is 0.132. The van der Waals surface area contributed by atoms with Crippen LogP contribution in [0.1, 0.15) is 39.1 Å². The molecule has 3 aromatic carbocycles. The van der Waals surface area contributed by atoms with Gasteiger partial charge in [-0.25, -0.2) is 4.79 Å². The van der Waals surface area contributed by atoms with E-state index in [-0.39, 0.29) is 25.1 Å². The van der Waals surface area contributed by atoms with Crippen LogP contribution in [0.15, 0.2) is 60.7 Å². The fourth-order valence-corrected chi connectivity index (χ4v) is 4.18. The van der Waals surface area contributed by atoms with Crippen molar-refractivity contribution in [3.05, 3.63) is 77.4 Å². The molecule has 0 spiro atoms. The smallest absolute Gasteiger partial charge is 0.337 e. The molecule has 0 aliphatic rings. The number of carbonyl (C=O) groups is 5. The zero-order valence-electron chi connectivity index (χ0n) is 23.0. The molecule has 11 heteroatoms. The van der Waals surface area contributed by atoms with Crippen molar-refractivity contribution >= 4 is 40.4 Å². The summed E-state index contributed by atoms with van der Waals surface area (Å²) in [4.78, 5) is 60.9. The van der Waals surface area contributed by atoms with E-state index >= 15 is 0 Å². The molecule has 0 saturated carbocycles. The summed E-state index contributed by atoms with van der Waals surface area (Å²) in [6.07, 6.45) is 1.23. The van der Waals surface area contributed by atoms with E-state index in [1.54, 1.807) is 36.4 Å². The van der Waals surface area contributed by atoms with Crippen LogP contribution in [0.25, 0.3) is 10.8 Å². The minimum atomic E-state index is -0.983. The Hall–Kier alpha value is -4.93. The Kier molecular flexibility index (Phi) is 11.2. The second-order valence-electron chi connectivity index (χ2n) is 9.25. The first kappa shape index (κ1) is 30.6. The van der Waals surface area contributed by atoms with Crippen LogP contribution in [-0.4, -0.2) is 63.5 Å². The van der Waals surface area contributed by atoms with E-state index in [4.69, 9.17) is 15.2 Å². The van der Waals surface area contributed by atoms with Crippen LogP contribution in [-0.2, 0) is 25.5 Å². The number of methoxy groups -OCH3 is 1. The molecule has 1 atom stereocenters. The van der Waals surface area contributed by atoms with Gasteiger partial charge in [0.1, 0.15) is 11.7 Å². The minimum absolute atomic E-state index is 0.113. The van der Waals surface area contributed by atoms with E-state index in [0.29, 0.717) is 36.3 Å². The normalized spacial score (nSPS) is 11.3. The van der Waals surface area contributed by atoms with Crippen molar-refractivity contribution in [2.24, 2.45) is 11.7 Å². The van der Waals surface area contributed by atoms with Gasteiger partial charge in [0.2, 0.25) is 17.7 Å². The summed E-state index contributed by atoms with van der Waals surface area (Å²) >= 11 is 0. The van der Waals surface area contributed by atoms with E-state index in [0.717, 1.165) is 10.8 Å². The Morgan fingerprint density at radius 2 is 1.61 bits per heavy atom. The molecular weight excluding hydrogens is 528 g/mol. The summed E-state index contributed by atoms with van der Waals surface area (Å²) in [5.74, 6) is -3.13. The summed E-state index contributed by atoms with van der Waals surface area (Å²) in [5.41, 5.74) is 6.41. The van der Waals surface area contributed by atoms with Crippen molar-refractivity contribution in [2.75, 3.05) is 33.9 Å². The van der Waals surface area contributed by atoms with Crippen LogP contribution in [0.4, 0.5) is 0 Å². The third-order valence-electron chi connectivity index (χ3n) is 6.31. The molecule has 5 N–H and O–H groups in total. The Labute approximate surface area is 237 Å². The number of rotatable bonds is 14. The number of carbonyl (C=O) groups excluding carboxylic acids is 5. The molecule has 0 radical (unpaired) electrons. The molecule has 0 aromatic heterocycles. The van der Waals surface area contributed by atoms with Crippen LogP contribution in [0.5, 0.6) is 5.75 Å². The number of nitrogens with one attached hydrogen (secondary N) is 3. The van der Waals surface area contributed by atoms with Crippen LogP contribution in [0, 0.1) is 5.92 Å². The molecule has 41 heavy (non-hydrogen) atoms. The lowest BCUT2D eigenvalue weighted by Crippen LogP contribution is -2.41. The van der Waals surface area contributed by atoms with E-state index in [1.165, 1.54) is 14.2 Å². The highest BCUT2D eigenvalue weighted by Crippen LogP contribution is 2.26. The maximum atomic E-state index is 12.9. The second-order valence-corrected chi connectivity index (χ2v) is 9.25. The molecule has 0 heterocycles. The molecule has 0 fully saturated rings. The topological polar surface area (TPSA) is 166 Å². The Morgan fingerprint density at radius 3 is 2.29 bits per heavy atom. The summed E-state index contributed by atoms with van der Waals surface area (Å²) < 4.78 is 10.6. The van der Waals surface area contributed by atoms with E-state index in [9.17, 15) is 24.0 Å². The molecule has 0 aliphatic carbocycles. The molecule has 216 valence electrons. The highest BCUT2D eigenvalue weighted by Gasteiger charge is 2.26. The Morgan fingerprint density at radius 1 is 0.878 bits per heavy atom. The maximum absolute atomic E-state index is 12.9. The zero-order valence-corrected chi connectivity index (χ0v) is 23.0. The molecular formula is C30H34N4O7. The van der Waals surface area contributed by atoms with Gasteiger partial charge in [-0.2, -0.15) is 0 Å². The number of hydrogen-bond donors (Lipinski definition) is 4. The van der Waals surface area contributed by atoms with Gasteiger partial charge in [0.25, 0.3) is 5.91 Å². The molecule has 4 amide bonds. The fourth-order valence-electron chi connectivity index (χ4n) is 4.18. The maximum Gasteiger partial charge on any atom is 0.337 e. The number of hydrogen-bond acceptors (Lipinski definition) is 7. The zero-order chi connectivity index (χ0) is 29.8. The summed E-state index contributed by atoms with van der Waals surface area (Å²) in [6.45, 7) is 0.281. The number of nitrogens with two attached hydrogens (primary N) is 1. The number of unbranched alkanes of at least 4 members (excludes halogenated alkanes) is 1. The lowest BCUT2D eigenvalue weighted by atomic mass is 9.96. The van der Waals surface area contributed by atoms with Gasteiger partial charge in [-0.05, 0) is 59.9 Å². The van der Waals surface area contributed by atoms with Gasteiger partial charge in [-0.1, -0.05) is 36.4 Å². The predicted octanol–water partition coefficient (Wildman–Crippen LogP) is 1.72. The van der Waals surface area contributed by atoms with Crippen molar-refractivity contribution in [1.29, 1.82) is 0 Å². The average Bonchev–Trinajstić information content (AvgIpc) is 2.99. The highest BCUT2D eigenvalue weighted by molar-refractivity contribution is 6.03. The molecule has 3 aromatic rings. The number of primary amides is 1. The van der Waals surface area contributed by atoms with Crippen LogP contribution in [0.2, 0.25) is 0 Å². The van der Waals surface area contributed by atoms with Crippen LogP contribution >= 0.6 is 0 Å². The molecule has 0 bridgehead atoms. The van der Waals surface area contributed by atoms with Crippen LogP contribution in [0.3, 0.4) is 0 Å². The van der Waals surface area contributed by atoms with Gasteiger partial charge in [-0.15, -0.1) is 0 Å².